The van der Waals surface area contributed by atoms with E-state index in [2.05, 4.69) is 5.10 Å². The van der Waals surface area contributed by atoms with Gasteiger partial charge in [-0.15, -0.1) is 0 Å². The van der Waals surface area contributed by atoms with E-state index in [1.54, 1.807) is 18.0 Å². The molecule has 0 aliphatic carbocycles. The van der Waals surface area contributed by atoms with Crippen LogP contribution in [0.2, 0.25) is 0 Å². The number of ether oxygens (including phenoxy) is 2. The van der Waals surface area contributed by atoms with Crippen molar-refractivity contribution in [1.29, 1.82) is 0 Å². The number of benzene rings is 4. The summed E-state index contributed by atoms with van der Waals surface area (Å²) in [5.41, 5.74) is 5.00. The number of aromatic hydroxyl groups is 1. The van der Waals surface area contributed by atoms with Gasteiger partial charge in [0, 0.05) is 25.8 Å². The first-order chi connectivity index (χ1) is 20.8. The maximum atomic E-state index is 13.9. The highest BCUT2D eigenvalue weighted by Crippen LogP contribution is 2.40. The summed E-state index contributed by atoms with van der Waals surface area (Å²) in [6, 6.07) is 28.0. The average Bonchev–Trinajstić information content (AvgIpc) is 3.29. The van der Waals surface area contributed by atoms with Crippen molar-refractivity contribution < 1.29 is 19.4 Å². The predicted molar refractivity (Wildman–Crippen MR) is 173 cm³/mol. The number of anilines is 4. The number of carbonyl (C=O) groups excluding carboxylic acids is 1. The molecule has 9 heteroatoms. The second-order valence-corrected chi connectivity index (χ2v) is 10.0. The van der Waals surface area contributed by atoms with Crippen molar-refractivity contribution in [3.05, 3.63) is 91.0 Å². The summed E-state index contributed by atoms with van der Waals surface area (Å²) in [6.07, 6.45) is 0. The zero-order valence-corrected chi connectivity index (χ0v) is 25.0. The van der Waals surface area contributed by atoms with Gasteiger partial charge in [-0.25, -0.2) is 5.01 Å². The van der Waals surface area contributed by atoms with Gasteiger partial charge in [0.2, 0.25) is 0 Å². The number of rotatable bonds is 10. The van der Waals surface area contributed by atoms with Crippen molar-refractivity contribution in [3.63, 3.8) is 0 Å². The molecule has 0 aromatic heterocycles. The molecule has 0 saturated heterocycles. The van der Waals surface area contributed by atoms with Crippen molar-refractivity contribution in [1.82, 2.24) is 0 Å². The van der Waals surface area contributed by atoms with Crippen molar-refractivity contribution >= 4 is 40.1 Å². The fourth-order valence-corrected chi connectivity index (χ4v) is 4.78. The van der Waals surface area contributed by atoms with E-state index in [1.807, 2.05) is 112 Å². The molecule has 1 aliphatic rings. The van der Waals surface area contributed by atoms with E-state index in [4.69, 9.17) is 14.6 Å². The van der Waals surface area contributed by atoms with Crippen molar-refractivity contribution in [2.75, 3.05) is 42.2 Å². The topological polar surface area (TPSA) is 90.2 Å². The van der Waals surface area contributed by atoms with E-state index in [9.17, 15) is 9.90 Å². The molecule has 1 heterocycles. The highest BCUT2D eigenvalue weighted by atomic mass is 16.5. The lowest BCUT2D eigenvalue weighted by molar-refractivity contribution is -0.112. The van der Waals surface area contributed by atoms with Crippen LogP contribution in [0.15, 0.2) is 101 Å². The number of nitrogens with zero attached hydrogens (tertiary/aromatic N) is 5. The molecule has 0 fully saturated rings. The fourth-order valence-electron chi connectivity index (χ4n) is 4.78. The van der Waals surface area contributed by atoms with Crippen LogP contribution >= 0.6 is 0 Å². The molecule has 0 radical (unpaired) electrons. The molecule has 4 aromatic rings. The van der Waals surface area contributed by atoms with E-state index >= 15 is 0 Å². The zero-order chi connectivity index (χ0) is 30.5. The first-order valence-corrected chi connectivity index (χ1v) is 14.1. The molecule has 0 saturated carbocycles. The van der Waals surface area contributed by atoms with Crippen molar-refractivity contribution in [2.24, 2.45) is 10.2 Å². The number of phenolic OH excluding ortho intramolecular Hbond substituents is 1. The Bertz CT molecular complexity index is 1630. The Morgan fingerprint density at radius 2 is 1.40 bits per heavy atom. The molecule has 1 N–H and O–H groups in total. The standard InChI is InChI=1S/C34H35N5O4/c1-6-42-31-14-10-8-12-29(31)39(30-13-9-11-15-32(30)43-7-2)36-33-23(3)35-38(34(33)41)27-20-25(21-28(40)22-27)24-16-18-26(19-17-24)37(4)5/h8-22,40H,6-7H2,1-5H3/b36-33-. The normalized spacial score (nSPS) is 13.7. The minimum Gasteiger partial charge on any atom is -0.508 e. The Balaban J connectivity index is 1.56. The van der Waals surface area contributed by atoms with Crippen LogP contribution in [0.4, 0.5) is 22.7 Å². The zero-order valence-electron chi connectivity index (χ0n) is 25.0. The molecular weight excluding hydrogens is 542 g/mol. The van der Waals surface area contributed by atoms with E-state index in [-0.39, 0.29) is 11.5 Å². The lowest BCUT2D eigenvalue weighted by Crippen LogP contribution is -2.29. The number of hydrogen-bond donors (Lipinski definition) is 1. The van der Waals surface area contributed by atoms with Crippen LogP contribution in [-0.2, 0) is 4.79 Å². The molecular formula is C34H35N5O4. The van der Waals surface area contributed by atoms with Crippen LogP contribution in [0.1, 0.15) is 20.8 Å². The third-order valence-electron chi connectivity index (χ3n) is 6.84. The van der Waals surface area contributed by atoms with Crippen LogP contribution in [-0.4, -0.2) is 49.7 Å². The molecule has 220 valence electrons. The quantitative estimate of drug-likeness (QED) is 0.208. The lowest BCUT2D eigenvalue weighted by Gasteiger charge is -2.24. The van der Waals surface area contributed by atoms with Crippen LogP contribution in [0.25, 0.3) is 11.1 Å². The lowest BCUT2D eigenvalue weighted by atomic mass is 10.0. The predicted octanol–water partition coefficient (Wildman–Crippen LogP) is 6.84. The van der Waals surface area contributed by atoms with Crippen molar-refractivity contribution in [2.45, 2.75) is 20.8 Å². The molecule has 0 atom stereocenters. The summed E-state index contributed by atoms with van der Waals surface area (Å²) in [4.78, 5) is 15.9. The first-order valence-electron chi connectivity index (χ1n) is 14.1. The average molecular weight is 578 g/mol. The molecule has 0 spiro atoms. The Morgan fingerprint density at radius 1 is 0.814 bits per heavy atom. The van der Waals surface area contributed by atoms with Gasteiger partial charge in [-0.1, -0.05) is 36.4 Å². The summed E-state index contributed by atoms with van der Waals surface area (Å²) in [5, 5.41) is 23.0. The molecule has 9 nitrogen and oxygen atoms in total. The van der Waals surface area contributed by atoms with Crippen LogP contribution in [0.3, 0.4) is 0 Å². The van der Waals surface area contributed by atoms with Gasteiger partial charge in [0.25, 0.3) is 0 Å². The third-order valence-corrected chi connectivity index (χ3v) is 6.84. The Kier molecular flexibility index (Phi) is 8.61. The van der Waals surface area contributed by atoms with E-state index in [0.29, 0.717) is 47.5 Å². The number of hydrogen-bond acceptors (Lipinski definition) is 8. The van der Waals surface area contributed by atoms with Gasteiger partial charge in [-0.05, 0) is 80.4 Å². The number of carbonyl (C=O) groups is 1. The highest BCUT2D eigenvalue weighted by molar-refractivity contribution is 6.71. The minimum atomic E-state index is -0.426. The summed E-state index contributed by atoms with van der Waals surface area (Å²) >= 11 is 0. The van der Waals surface area contributed by atoms with Gasteiger partial charge in [0.05, 0.1) is 24.6 Å². The summed E-state index contributed by atoms with van der Waals surface area (Å²) < 4.78 is 11.9. The van der Waals surface area contributed by atoms with E-state index < -0.39 is 5.91 Å². The number of phenols is 1. The van der Waals surface area contributed by atoms with Crippen LogP contribution in [0.5, 0.6) is 17.2 Å². The van der Waals surface area contributed by atoms with E-state index in [0.717, 1.165) is 16.8 Å². The maximum absolute atomic E-state index is 13.9. The summed E-state index contributed by atoms with van der Waals surface area (Å²) in [6.45, 7) is 6.48. The smallest absolute Gasteiger partial charge is 0.301 e. The second-order valence-electron chi connectivity index (χ2n) is 10.0. The first kappa shape index (κ1) is 29.2. The Hall–Kier alpha value is -5.31. The SMILES string of the molecule is CCOc1ccccc1N(/N=C1\C(=O)N(c2cc(O)cc(-c3ccc(N(C)C)cc3)c2)N=C1C)c1ccccc1OCC. The molecule has 1 amide bonds. The van der Waals surface area contributed by atoms with Gasteiger partial charge in [-0.2, -0.15) is 15.2 Å². The van der Waals surface area contributed by atoms with Gasteiger partial charge in [0.1, 0.15) is 28.6 Å². The molecule has 43 heavy (non-hydrogen) atoms. The number of amides is 1. The Morgan fingerprint density at radius 3 is 1.95 bits per heavy atom. The molecule has 0 bridgehead atoms. The largest absolute Gasteiger partial charge is 0.508 e. The Labute approximate surface area is 251 Å². The van der Waals surface area contributed by atoms with Crippen LogP contribution < -0.4 is 24.4 Å². The molecule has 0 unspecified atom stereocenters. The monoisotopic (exact) mass is 577 g/mol. The fraction of sp³-hybridized carbons (Fsp3) is 0.206. The third kappa shape index (κ3) is 6.16. The second kappa shape index (κ2) is 12.7. The minimum absolute atomic E-state index is 0.0214. The summed E-state index contributed by atoms with van der Waals surface area (Å²) in [7, 11) is 3.96. The van der Waals surface area contributed by atoms with Crippen LogP contribution in [0, 0.1) is 0 Å². The highest BCUT2D eigenvalue weighted by Gasteiger charge is 2.33. The molecule has 4 aromatic carbocycles. The number of para-hydroxylation sites is 4. The molecule has 1 aliphatic heterocycles. The van der Waals surface area contributed by atoms with Gasteiger partial charge in [-0.3, -0.25) is 4.79 Å². The molecule has 5 rings (SSSR count). The van der Waals surface area contributed by atoms with Crippen molar-refractivity contribution in [3.8, 4) is 28.4 Å². The maximum Gasteiger partial charge on any atom is 0.301 e. The van der Waals surface area contributed by atoms with E-state index in [1.165, 1.54) is 11.1 Å². The number of hydrazone groups is 2. The van der Waals surface area contributed by atoms with Gasteiger partial charge >= 0.3 is 5.91 Å². The van der Waals surface area contributed by atoms with Gasteiger partial charge < -0.3 is 19.5 Å². The summed E-state index contributed by atoms with van der Waals surface area (Å²) in [5.74, 6) is 0.809. The van der Waals surface area contributed by atoms with Gasteiger partial charge in [0.15, 0.2) is 5.71 Å².